The van der Waals surface area contributed by atoms with Crippen molar-refractivity contribution in [2.75, 3.05) is 21.2 Å². The summed E-state index contributed by atoms with van der Waals surface area (Å²) < 4.78 is 4.97. The van der Waals surface area contributed by atoms with E-state index in [0.717, 1.165) is 0 Å². The van der Waals surface area contributed by atoms with E-state index in [2.05, 4.69) is 15.0 Å². The first-order valence-corrected chi connectivity index (χ1v) is 4.46. The van der Waals surface area contributed by atoms with Crippen LogP contribution in [0, 0.1) is 0 Å². The zero-order valence-electron chi connectivity index (χ0n) is 9.54. The lowest BCUT2D eigenvalue weighted by atomic mass is 10.5. The van der Waals surface area contributed by atoms with Gasteiger partial charge in [-0.15, -0.1) is 24.0 Å². The Bertz CT molecular complexity index is 356. The second-order valence-corrected chi connectivity index (χ2v) is 3.08. The number of hydrogen-bond acceptors (Lipinski definition) is 4. The third-order valence-electron chi connectivity index (χ3n) is 1.73. The van der Waals surface area contributed by atoms with Crippen molar-refractivity contribution < 1.29 is 4.74 Å². The van der Waals surface area contributed by atoms with Crippen LogP contribution < -0.4 is 10.5 Å². The van der Waals surface area contributed by atoms with Crippen molar-refractivity contribution in [3.8, 4) is 5.88 Å². The van der Waals surface area contributed by atoms with E-state index in [0.29, 0.717) is 24.2 Å². The van der Waals surface area contributed by atoms with E-state index in [1.54, 1.807) is 24.3 Å². The lowest BCUT2D eigenvalue weighted by Gasteiger charge is -2.09. The summed E-state index contributed by atoms with van der Waals surface area (Å²) in [5.41, 5.74) is 5.62. The summed E-state index contributed by atoms with van der Waals surface area (Å²) in [6, 6.07) is 1.68. The van der Waals surface area contributed by atoms with Crippen molar-refractivity contribution in [2.24, 2.45) is 10.7 Å². The van der Waals surface area contributed by atoms with Gasteiger partial charge in [0.05, 0.1) is 7.11 Å². The SMILES string of the molecule is COc1ccnc(CN=C(N)N(C)C)n1.I. The fourth-order valence-corrected chi connectivity index (χ4v) is 0.863. The molecule has 0 saturated carbocycles. The Labute approximate surface area is 112 Å². The molecule has 1 aromatic heterocycles. The average Bonchev–Trinajstić information content (AvgIpc) is 2.26. The summed E-state index contributed by atoms with van der Waals surface area (Å²) in [6.07, 6.45) is 1.63. The summed E-state index contributed by atoms with van der Waals surface area (Å²) in [5.74, 6) is 1.55. The largest absolute Gasteiger partial charge is 0.481 e. The summed E-state index contributed by atoms with van der Waals surface area (Å²) in [6.45, 7) is 0.348. The van der Waals surface area contributed by atoms with E-state index in [4.69, 9.17) is 10.5 Å². The maximum absolute atomic E-state index is 5.62. The van der Waals surface area contributed by atoms with Crippen LogP contribution in [0.3, 0.4) is 0 Å². The number of halogens is 1. The van der Waals surface area contributed by atoms with E-state index in [-0.39, 0.29) is 24.0 Å². The third kappa shape index (κ3) is 4.60. The molecule has 6 nitrogen and oxygen atoms in total. The highest BCUT2D eigenvalue weighted by atomic mass is 127. The Morgan fingerprint density at radius 1 is 1.56 bits per heavy atom. The van der Waals surface area contributed by atoms with Gasteiger partial charge in [-0.2, -0.15) is 4.98 Å². The number of hydrogen-bond donors (Lipinski definition) is 1. The number of nitrogens with two attached hydrogens (primary N) is 1. The van der Waals surface area contributed by atoms with Crippen LogP contribution in [0.1, 0.15) is 5.82 Å². The van der Waals surface area contributed by atoms with E-state index in [1.807, 2.05) is 14.1 Å². The van der Waals surface area contributed by atoms with Gasteiger partial charge in [0.2, 0.25) is 5.88 Å². The summed E-state index contributed by atoms with van der Waals surface area (Å²) in [5, 5.41) is 0. The van der Waals surface area contributed by atoms with E-state index in [1.165, 1.54) is 0 Å². The molecular weight excluding hydrogens is 321 g/mol. The predicted molar refractivity (Wildman–Crippen MR) is 73.0 cm³/mol. The smallest absolute Gasteiger partial charge is 0.216 e. The molecule has 1 rings (SSSR count). The molecular formula is C9H16IN5O. The molecule has 16 heavy (non-hydrogen) atoms. The van der Waals surface area contributed by atoms with Gasteiger partial charge in [-0.3, -0.25) is 0 Å². The molecule has 0 aliphatic rings. The highest BCUT2D eigenvalue weighted by Gasteiger charge is 1.99. The molecule has 0 aromatic carbocycles. The molecule has 0 atom stereocenters. The van der Waals surface area contributed by atoms with E-state index >= 15 is 0 Å². The van der Waals surface area contributed by atoms with Crippen LogP contribution in [0.25, 0.3) is 0 Å². The first kappa shape index (κ1) is 14.9. The molecule has 90 valence electrons. The van der Waals surface area contributed by atoms with Gasteiger partial charge in [-0.25, -0.2) is 9.98 Å². The molecule has 7 heteroatoms. The second kappa shape index (κ2) is 7.20. The van der Waals surface area contributed by atoms with Crippen LogP contribution in [-0.2, 0) is 6.54 Å². The zero-order chi connectivity index (χ0) is 11.3. The summed E-state index contributed by atoms with van der Waals surface area (Å²) in [4.78, 5) is 14.0. The zero-order valence-corrected chi connectivity index (χ0v) is 11.9. The quantitative estimate of drug-likeness (QED) is 0.493. The lowest BCUT2D eigenvalue weighted by Crippen LogP contribution is -2.30. The third-order valence-corrected chi connectivity index (χ3v) is 1.73. The van der Waals surface area contributed by atoms with Gasteiger partial charge in [0.25, 0.3) is 0 Å². The number of ether oxygens (including phenoxy) is 1. The minimum Gasteiger partial charge on any atom is -0.481 e. The summed E-state index contributed by atoms with van der Waals surface area (Å²) >= 11 is 0. The Morgan fingerprint density at radius 2 is 2.25 bits per heavy atom. The van der Waals surface area contributed by atoms with Crippen LogP contribution in [0.5, 0.6) is 5.88 Å². The van der Waals surface area contributed by atoms with Gasteiger partial charge in [0.1, 0.15) is 6.54 Å². The molecule has 0 aliphatic heterocycles. The summed E-state index contributed by atoms with van der Waals surface area (Å²) in [7, 11) is 5.21. The van der Waals surface area contributed by atoms with Gasteiger partial charge in [-0.1, -0.05) is 0 Å². The van der Waals surface area contributed by atoms with E-state index < -0.39 is 0 Å². The van der Waals surface area contributed by atoms with E-state index in [9.17, 15) is 0 Å². The molecule has 0 saturated heterocycles. The molecule has 0 fully saturated rings. The fraction of sp³-hybridized carbons (Fsp3) is 0.444. The molecule has 0 amide bonds. The first-order valence-electron chi connectivity index (χ1n) is 4.46. The molecule has 1 aromatic rings. The van der Waals surface area contributed by atoms with Crippen LogP contribution >= 0.6 is 24.0 Å². The lowest BCUT2D eigenvalue weighted by molar-refractivity contribution is 0.394. The van der Waals surface area contributed by atoms with Crippen LogP contribution in [0.15, 0.2) is 17.3 Å². The number of methoxy groups -OCH3 is 1. The molecule has 0 spiro atoms. The average molecular weight is 337 g/mol. The Morgan fingerprint density at radius 3 is 2.81 bits per heavy atom. The van der Waals surface area contributed by atoms with Crippen molar-refractivity contribution in [3.05, 3.63) is 18.1 Å². The van der Waals surface area contributed by atoms with Crippen molar-refractivity contribution >= 4 is 29.9 Å². The molecule has 2 N–H and O–H groups in total. The highest BCUT2D eigenvalue weighted by molar-refractivity contribution is 14.0. The van der Waals surface area contributed by atoms with Crippen molar-refractivity contribution in [1.29, 1.82) is 0 Å². The van der Waals surface area contributed by atoms with Crippen molar-refractivity contribution in [2.45, 2.75) is 6.54 Å². The minimum atomic E-state index is 0. The molecule has 0 unspecified atom stereocenters. The second-order valence-electron chi connectivity index (χ2n) is 3.08. The van der Waals surface area contributed by atoms with Crippen LogP contribution in [0.2, 0.25) is 0 Å². The maximum Gasteiger partial charge on any atom is 0.216 e. The van der Waals surface area contributed by atoms with Gasteiger partial charge >= 0.3 is 0 Å². The number of nitrogens with zero attached hydrogens (tertiary/aromatic N) is 4. The van der Waals surface area contributed by atoms with Crippen LogP contribution in [-0.4, -0.2) is 42.0 Å². The van der Waals surface area contributed by atoms with Crippen molar-refractivity contribution in [3.63, 3.8) is 0 Å². The normalized spacial score (nSPS) is 10.6. The number of rotatable bonds is 3. The highest BCUT2D eigenvalue weighted by Crippen LogP contribution is 2.04. The molecule has 0 bridgehead atoms. The standard InChI is InChI=1S/C9H15N5O.HI/c1-14(2)9(10)12-6-7-11-5-4-8(13-7)15-3;/h4-5H,6H2,1-3H3,(H2,10,12);1H. The topological polar surface area (TPSA) is 76.6 Å². The number of guanidine groups is 1. The first-order chi connectivity index (χ1) is 7.13. The van der Waals surface area contributed by atoms with Crippen LogP contribution in [0.4, 0.5) is 0 Å². The Hall–Kier alpha value is -1.12. The minimum absolute atomic E-state index is 0. The molecule has 0 radical (unpaired) electrons. The Balaban J connectivity index is 0.00000225. The predicted octanol–water partition coefficient (Wildman–Crippen LogP) is 0.480. The van der Waals surface area contributed by atoms with Crippen molar-refractivity contribution in [1.82, 2.24) is 14.9 Å². The molecule has 0 aliphatic carbocycles. The Kier molecular flexibility index (Phi) is 6.70. The molecule has 1 heterocycles. The van der Waals surface area contributed by atoms with Gasteiger partial charge in [-0.05, 0) is 0 Å². The number of aliphatic imine (C=N–C) groups is 1. The monoisotopic (exact) mass is 337 g/mol. The van der Waals surface area contributed by atoms with Gasteiger partial charge in [0.15, 0.2) is 11.8 Å². The fourth-order valence-electron chi connectivity index (χ4n) is 0.863. The van der Waals surface area contributed by atoms with Gasteiger partial charge < -0.3 is 15.4 Å². The maximum atomic E-state index is 5.62. The number of aromatic nitrogens is 2. The van der Waals surface area contributed by atoms with Gasteiger partial charge in [0, 0.05) is 26.4 Å².